The number of nitrogens with zero attached hydrogens (tertiary/aromatic N) is 3. The summed E-state index contributed by atoms with van der Waals surface area (Å²) < 4.78 is 0. The lowest BCUT2D eigenvalue weighted by Crippen LogP contribution is -2.28. The molecule has 0 aliphatic carbocycles. The van der Waals surface area contributed by atoms with Crippen molar-refractivity contribution in [2.75, 3.05) is 18.9 Å². The van der Waals surface area contributed by atoms with Crippen LogP contribution in [0, 0.1) is 13.8 Å². The quantitative estimate of drug-likeness (QED) is 0.883. The van der Waals surface area contributed by atoms with Gasteiger partial charge in [-0.2, -0.15) is 0 Å². The van der Waals surface area contributed by atoms with E-state index in [0.29, 0.717) is 11.6 Å². The van der Waals surface area contributed by atoms with E-state index in [1.165, 1.54) is 0 Å². The number of hydrogen-bond acceptors (Lipinski definition) is 4. The van der Waals surface area contributed by atoms with Gasteiger partial charge in [0.25, 0.3) is 5.91 Å². The summed E-state index contributed by atoms with van der Waals surface area (Å²) in [5.74, 6) is 0.378. The molecule has 0 unspecified atom stereocenters. The van der Waals surface area contributed by atoms with Gasteiger partial charge in [-0.3, -0.25) is 4.79 Å². The van der Waals surface area contributed by atoms with Crippen LogP contribution < -0.4 is 5.32 Å². The summed E-state index contributed by atoms with van der Waals surface area (Å²) in [6.45, 7) is 6.73. The summed E-state index contributed by atoms with van der Waals surface area (Å²) in [4.78, 5) is 23.0. The first-order valence-corrected chi connectivity index (χ1v) is 7.95. The fraction of sp³-hybridized carbons (Fsp3) is 0.389. The van der Waals surface area contributed by atoms with Gasteiger partial charge >= 0.3 is 0 Å². The van der Waals surface area contributed by atoms with E-state index in [9.17, 15) is 4.79 Å². The highest BCUT2D eigenvalue weighted by Gasteiger charge is 2.15. The number of rotatable bonds is 6. The van der Waals surface area contributed by atoms with Gasteiger partial charge in [0.1, 0.15) is 5.69 Å². The molecule has 1 heterocycles. The predicted molar refractivity (Wildman–Crippen MR) is 93.1 cm³/mol. The molecule has 0 atom stereocenters. The predicted octanol–water partition coefficient (Wildman–Crippen LogP) is 3.71. The molecule has 5 nitrogen and oxygen atoms in total. The van der Waals surface area contributed by atoms with Crippen LogP contribution in [0.5, 0.6) is 0 Å². The largest absolute Gasteiger partial charge is 0.340 e. The number of benzene rings is 1. The van der Waals surface area contributed by atoms with Crippen LogP contribution in [0.4, 0.5) is 11.6 Å². The summed E-state index contributed by atoms with van der Waals surface area (Å²) in [6, 6.07) is 9.65. The van der Waals surface area contributed by atoms with Crippen LogP contribution in [0.25, 0.3) is 0 Å². The Morgan fingerprint density at radius 1 is 1.22 bits per heavy atom. The molecular weight excluding hydrogens is 288 g/mol. The second-order valence-electron chi connectivity index (χ2n) is 5.74. The number of aryl methyl sites for hydroxylation is 2. The van der Waals surface area contributed by atoms with E-state index in [-0.39, 0.29) is 5.91 Å². The summed E-state index contributed by atoms with van der Waals surface area (Å²) in [5, 5.41) is 3.20. The van der Waals surface area contributed by atoms with Crippen LogP contribution in [0.15, 0.2) is 30.3 Å². The lowest BCUT2D eigenvalue weighted by Gasteiger charge is -2.17. The van der Waals surface area contributed by atoms with Crippen LogP contribution in [-0.4, -0.2) is 34.4 Å². The second-order valence-corrected chi connectivity index (χ2v) is 5.74. The molecular formula is C18H24N4O. The molecule has 0 saturated heterocycles. The standard InChI is InChI=1S/C18H24N4O/c1-5-6-11-22(4)17(23)16-12-14(3)19-18(21-16)20-15-10-8-7-9-13(15)2/h7-10,12H,5-6,11H2,1-4H3,(H,19,20,21). The third-order valence-electron chi connectivity index (χ3n) is 3.66. The van der Waals surface area contributed by atoms with Crippen LogP contribution in [0.2, 0.25) is 0 Å². The number of hydrogen-bond donors (Lipinski definition) is 1. The maximum atomic E-state index is 12.5. The van der Waals surface area contributed by atoms with E-state index in [1.807, 2.05) is 45.2 Å². The van der Waals surface area contributed by atoms with E-state index in [1.54, 1.807) is 11.0 Å². The number of carbonyl (C=O) groups is 1. The lowest BCUT2D eigenvalue weighted by molar-refractivity contribution is 0.0787. The average molecular weight is 312 g/mol. The minimum Gasteiger partial charge on any atom is -0.340 e. The molecule has 122 valence electrons. The topological polar surface area (TPSA) is 58.1 Å². The number of anilines is 2. The third-order valence-corrected chi connectivity index (χ3v) is 3.66. The molecule has 2 rings (SSSR count). The van der Waals surface area contributed by atoms with E-state index < -0.39 is 0 Å². The van der Waals surface area contributed by atoms with Gasteiger partial charge in [-0.15, -0.1) is 0 Å². The van der Waals surface area contributed by atoms with Crippen molar-refractivity contribution >= 4 is 17.5 Å². The molecule has 0 aliphatic rings. The molecule has 0 bridgehead atoms. The van der Waals surface area contributed by atoms with E-state index in [4.69, 9.17) is 0 Å². The molecule has 0 aliphatic heterocycles. The smallest absolute Gasteiger partial charge is 0.272 e. The first kappa shape index (κ1) is 16.9. The molecule has 1 amide bonds. The van der Waals surface area contributed by atoms with Crippen molar-refractivity contribution in [2.24, 2.45) is 0 Å². The summed E-state index contributed by atoms with van der Waals surface area (Å²) in [5.41, 5.74) is 3.23. The van der Waals surface area contributed by atoms with Gasteiger partial charge in [0, 0.05) is 25.0 Å². The zero-order valence-corrected chi connectivity index (χ0v) is 14.3. The number of aromatic nitrogens is 2. The van der Waals surface area contributed by atoms with Crippen molar-refractivity contribution in [1.29, 1.82) is 0 Å². The highest BCUT2D eigenvalue weighted by Crippen LogP contribution is 2.18. The maximum absolute atomic E-state index is 12.5. The van der Waals surface area contributed by atoms with E-state index in [2.05, 4.69) is 22.2 Å². The highest BCUT2D eigenvalue weighted by atomic mass is 16.2. The minimum absolute atomic E-state index is 0.0724. The summed E-state index contributed by atoms with van der Waals surface area (Å²) in [6.07, 6.45) is 2.04. The van der Waals surface area contributed by atoms with Crippen molar-refractivity contribution in [3.8, 4) is 0 Å². The monoisotopic (exact) mass is 312 g/mol. The summed E-state index contributed by atoms with van der Waals surface area (Å²) >= 11 is 0. The van der Waals surface area contributed by atoms with E-state index >= 15 is 0 Å². The van der Waals surface area contributed by atoms with Crippen molar-refractivity contribution in [2.45, 2.75) is 33.6 Å². The van der Waals surface area contributed by atoms with Gasteiger partial charge in [-0.1, -0.05) is 31.5 Å². The molecule has 1 aromatic carbocycles. The van der Waals surface area contributed by atoms with Crippen molar-refractivity contribution in [3.05, 3.63) is 47.3 Å². The Bertz CT molecular complexity index is 684. The van der Waals surface area contributed by atoms with Gasteiger partial charge in [-0.25, -0.2) is 9.97 Å². The van der Waals surface area contributed by atoms with E-state index in [0.717, 1.165) is 36.3 Å². The van der Waals surface area contributed by atoms with Crippen LogP contribution >= 0.6 is 0 Å². The van der Waals surface area contributed by atoms with Crippen LogP contribution in [0.1, 0.15) is 41.5 Å². The molecule has 1 N–H and O–H groups in total. The van der Waals surface area contributed by atoms with Crippen molar-refractivity contribution in [1.82, 2.24) is 14.9 Å². The first-order chi connectivity index (χ1) is 11.0. The minimum atomic E-state index is -0.0724. The van der Waals surface area contributed by atoms with Gasteiger partial charge in [-0.05, 0) is 38.0 Å². The van der Waals surface area contributed by atoms with Gasteiger partial charge in [0.05, 0.1) is 0 Å². The van der Waals surface area contributed by atoms with Gasteiger partial charge in [0.2, 0.25) is 5.95 Å². The Hall–Kier alpha value is -2.43. The summed E-state index contributed by atoms with van der Waals surface area (Å²) in [7, 11) is 1.81. The van der Waals surface area contributed by atoms with Crippen molar-refractivity contribution < 1.29 is 4.79 Å². The molecule has 0 fully saturated rings. The second kappa shape index (κ2) is 7.72. The maximum Gasteiger partial charge on any atom is 0.272 e. The molecule has 0 radical (unpaired) electrons. The molecule has 0 saturated carbocycles. The van der Waals surface area contributed by atoms with Crippen LogP contribution in [-0.2, 0) is 0 Å². The number of nitrogens with one attached hydrogen (secondary N) is 1. The molecule has 0 spiro atoms. The molecule has 5 heteroatoms. The van der Waals surface area contributed by atoms with Crippen LogP contribution in [0.3, 0.4) is 0 Å². The van der Waals surface area contributed by atoms with Gasteiger partial charge < -0.3 is 10.2 Å². The Kier molecular flexibility index (Phi) is 5.68. The van der Waals surface area contributed by atoms with Crippen molar-refractivity contribution in [3.63, 3.8) is 0 Å². The first-order valence-electron chi connectivity index (χ1n) is 7.95. The Morgan fingerprint density at radius 3 is 2.65 bits per heavy atom. The SMILES string of the molecule is CCCCN(C)C(=O)c1cc(C)nc(Nc2ccccc2C)n1. The number of amides is 1. The van der Waals surface area contributed by atoms with Gasteiger partial charge in [0.15, 0.2) is 0 Å². The Labute approximate surface area is 137 Å². The molecule has 23 heavy (non-hydrogen) atoms. The zero-order chi connectivity index (χ0) is 16.8. The lowest BCUT2D eigenvalue weighted by atomic mass is 10.2. The zero-order valence-electron chi connectivity index (χ0n) is 14.3. The number of carbonyl (C=O) groups excluding carboxylic acids is 1. The number of para-hydroxylation sites is 1. The number of unbranched alkanes of at least 4 members (excludes halogenated alkanes) is 1. The average Bonchev–Trinajstić information content (AvgIpc) is 2.53. The molecule has 2 aromatic rings. The Balaban J connectivity index is 2.22. The Morgan fingerprint density at radius 2 is 1.96 bits per heavy atom. The normalized spacial score (nSPS) is 10.4. The fourth-order valence-corrected chi connectivity index (χ4v) is 2.26. The fourth-order valence-electron chi connectivity index (χ4n) is 2.26. The molecule has 1 aromatic heterocycles. The third kappa shape index (κ3) is 4.52. The highest BCUT2D eigenvalue weighted by molar-refractivity contribution is 5.92.